The van der Waals surface area contributed by atoms with E-state index < -0.39 is 17.9 Å². The summed E-state index contributed by atoms with van der Waals surface area (Å²) in [6.07, 6.45) is 8.02. The first-order chi connectivity index (χ1) is 31.8. The Bertz CT molecular complexity index is 2360. The van der Waals surface area contributed by atoms with Gasteiger partial charge in [-0.05, 0) is 85.2 Å². The fraction of sp³-hybridized carbons (Fsp3) is 0.551. The number of nitrogens with zero attached hydrogens (tertiary/aromatic N) is 9. The van der Waals surface area contributed by atoms with Crippen LogP contribution >= 0.6 is 0 Å². The molecular formula is C49H63N11O6. The van der Waals surface area contributed by atoms with Crippen LogP contribution in [0.25, 0.3) is 0 Å². The van der Waals surface area contributed by atoms with Crippen LogP contribution in [0, 0.1) is 0 Å². The number of likely N-dealkylation sites (tertiary alicyclic amines) is 1. The molecular weight excluding hydrogens is 839 g/mol. The van der Waals surface area contributed by atoms with E-state index in [4.69, 9.17) is 10.7 Å². The lowest BCUT2D eigenvalue weighted by Gasteiger charge is -2.41. The Balaban J connectivity index is 0.719. The Morgan fingerprint density at radius 1 is 0.879 bits per heavy atom. The zero-order valence-corrected chi connectivity index (χ0v) is 38.4. The van der Waals surface area contributed by atoms with Crippen LogP contribution in [0.15, 0.2) is 48.7 Å². The number of aryl methyl sites for hydroxylation is 1. The molecule has 1 unspecified atom stereocenters. The van der Waals surface area contributed by atoms with E-state index in [2.05, 4.69) is 62.3 Å². The number of fused-ring (bicyclic) bond motifs is 1. The van der Waals surface area contributed by atoms with Crippen LogP contribution in [0.2, 0.25) is 0 Å². The Hall–Kier alpha value is -5.94. The Morgan fingerprint density at radius 3 is 2.35 bits per heavy atom. The maximum atomic E-state index is 13.6. The number of imide groups is 1. The van der Waals surface area contributed by atoms with Gasteiger partial charge in [-0.15, -0.1) is 0 Å². The second-order valence-corrected chi connectivity index (χ2v) is 19.4. The van der Waals surface area contributed by atoms with Crippen LogP contribution in [0.5, 0.6) is 0 Å². The van der Waals surface area contributed by atoms with Crippen molar-refractivity contribution < 1.29 is 28.8 Å². The lowest BCUT2D eigenvalue weighted by atomic mass is 9.74. The number of benzene rings is 2. The van der Waals surface area contributed by atoms with Crippen molar-refractivity contribution in [2.75, 3.05) is 90.5 Å². The number of urea groups is 1. The molecule has 9 rings (SSSR count). The quantitative estimate of drug-likeness (QED) is 0.240. The number of nitrogens with one attached hydrogen (secondary N) is 1. The van der Waals surface area contributed by atoms with Crippen molar-refractivity contribution >= 4 is 41.4 Å². The number of hydrogen-bond donors (Lipinski definition) is 2. The van der Waals surface area contributed by atoms with Gasteiger partial charge in [0, 0.05) is 97.4 Å². The van der Waals surface area contributed by atoms with E-state index in [1.165, 1.54) is 5.56 Å². The number of amides is 7. The Labute approximate surface area is 386 Å². The molecule has 0 spiro atoms. The van der Waals surface area contributed by atoms with Gasteiger partial charge in [-0.1, -0.05) is 43.3 Å². The van der Waals surface area contributed by atoms with Crippen molar-refractivity contribution in [2.24, 2.45) is 5.73 Å². The molecule has 66 heavy (non-hydrogen) atoms. The molecule has 6 aliphatic rings. The predicted molar refractivity (Wildman–Crippen MR) is 247 cm³/mol. The molecule has 350 valence electrons. The van der Waals surface area contributed by atoms with E-state index in [0.717, 1.165) is 108 Å². The van der Waals surface area contributed by atoms with Crippen LogP contribution in [-0.2, 0) is 39.2 Å². The maximum Gasteiger partial charge on any atom is 0.320 e. The van der Waals surface area contributed by atoms with Gasteiger partial charge in [0.05, 0.1) is 24.5 Å². The molecule has 0 saturated carbocycles. The molecule has 5 saturated heterocycles. The zero-order chi connectivity index (χ0) is 46.1. The van der Waals surface area contributed by atoms with Gasteiger partial charge in [0.25, 0.3) is 11.8 Å². The first-order valence-electron chi connectivity index (χ1n) is 23.8. The summed E-state index contributed by atoms with van der Waals surface area (Å²) < 4.78 is 0. The summed E-state index contributed by atoms with van der Waals surface area (Å²) in [6.45, 7) is 11.9. The third-order valence-electron chi connectivity index (χ3n) is 15.1. The smallest absolute Gasteiger partial charge is 0.320 e. The van der Waals surface area contributed by atoms with Crippen molar-refractivity contribution in [3.8, 4) is 0 Å². The fourth-order valence-electron chi connectivity index (χ4n) is 10.9. The van der Waals surface area contributed by atoms with Gasteiger partial charge in [-0.2, -0.15) is 0 Å². The SMILES string of the molecule is CN1CCN([C@@H]2CCCN(c3cnc(C(N)=O)c(Cc4ccc(C5(C)CCN(C(=O)CN6CCN(CCCc7cccc8c7CN(C7CCC(=O)NC7=O)C8=O)CC6)CC5)cc4)n3)C2)C1=O. The topological polar surface area (TPSA) is 189 Å². The highest BCUT2D eigenvalue weighted by atomic mass is 16.2. The Morgan fingerprint density at radius 2 is 1.64 bits per heavy atom. The highest BCUT2D eigenvalue weighted by molar-refractivity contribution is 6.05. The van der Waals surface area contributed by atoms with Crippen LogP contribution < -0.4 is 16.0 Å². The van der Waals surface area contributed by atoms with Crippen molar-refractivity contribution in [2.45, 2.75) is 88.8 Å². The normalized spacial score (nSPS) is 22.8. The van der Waals surface area contributed by atoms with Gasteiger partial charge >= 0.3 is 6.03 Å². The molecule has 5 fully saturated rings. The van der Waals surface area contributed by atoms with Gasteiger partial charge in [-0.3, -0.25) is 34.2 Å². The number of nitrogens with two attached hydrogens (primary N) is 1. The summed E-state index contributed by atoms with van der Waals surface area (Å²) in [7, 11) is 1.84. The van der Waals surface area contributed by atoms with E-state index in [1.54, 1.807) is 16.0 Å². The van der Waals surface area contributed by atoms with E-state index in [0.29, 0.717) is 62.6 Å². The number of piperazine rings is 1. The first kappa shape index (κ1) is 45.2. The van der Waals surface area contributed by atoms with Gasteiger partial charge < -0.3 is 35.1 Å². The van der Waals surface area contributed by atoms with Crippen LogP contribution in [-0.4, -0.2) is 173 Å². The number of primary amides is 1. The monoisotopic (exact) mass is 901 g/mol. The van der Waals surface area contributed by atoms with Gasteiger partial charge in [0.1, 0.15) is 17.6 Å². The average molecular weight is 902 g/mol. The van der Waals surface area contributed by atoms with Crippen molar-refractivity contribution in [3.05, 3.63) is 87.9 Å². The molecule has 1 aromatic heterocycles. The van der Waals surface area contributed by atoms with Gasteiger partial charge in [0.15, 0.2) is 0 Å². The van der Waals surface area contributed by atoms with Gasteiger partial charge in [0.2, 0.25) is 17.7 Å². The van der Waals surface area contributed by atoms with Crippen LogP contribution in [0.4, 0.5) is 10.6 Å². The summed E-state index contributed by atoms with van der Waals surface area (Å²) in [5.74, 6) is -0.551. The molecule has 3 N–H and O–H groups in total. The lowest BCUT2D eigenvalue weighted by Crippen LogP contribution is -2.52. The predicted octanol–water partition coefficient (Wildman–Crippen LogP) is 2.39. The van der Waals surface area contributed by atoms with Crippen LogP contribution in [0.1, 0.15) is 101 Å². The van der Waals surface area contributed by atoms with Gasteiger partial charge in [-0.25, -0.2) is 14.8 Å². The standard InChI is InChI=1S/C49H63N11O6/c1-49(35-12-10-33(11-13-35)28-39-44(45(50)63)51-29-41(52-39)58-19-5-8-36(30-58)59-27-22-54(2)48(59)66)16-20-57(21-17-49)43(62)32-56-25-23-55(24-26-56)18-4-7-34-6-3-9-37-38(34)31-60(47(37)65)40-14-15-42(61)53-46(40)64/h3,6,9-13,29,36,40H,4-5,7-8,14-28,30-32H2,1-2H3,(H2,50,63)(H,53,61,64)/t36-,40?/m1/s1. The first-order valence-corrected chi connectivity index (χ1v) is 23.8. The second-order valence-electron chi connectivity index (χ2n) is 19.4. The molecule has 0 bridgehead atoms. The minimum Gasteiger partial charge on any atom is -0.364 e. The second kappa shape index (κ2) is 19.1. The molecule has 6 aliphatic heterocycles. The summed E-state index contributed by atoms with van der Waals surface area (Å²) in [4.78, 5) is 99.9. The fourth-order valence-corrected chi connectivity index (χ4v) is 10.9. The highest BCUT2D eigenvalue weighted by Crippen LogP contribution is 2.36. The summed E-state index contributed by atoms with van der Waals surface area (Å²) >= 11 is 0. The largest absolute Gasteiger partial charge is 0.364 e. The number of carbonyl (C=O) groups excluding carboxylic acids is 6. The molecule has 17 nitrogen and oxygen atoms in total. The zero-order valence-electron chi connectivity index (χ0n) is 38.4. The van der Waals surface area contributed by atoms with E-state index in [9.17, 15) is 28.8 Å². The number of rotatable bonds is 13. The number of hydrogen-bond acceptors (Lipinski definition) is 11. The molecule has 0 aliphatic carbocycles. The minimum atomic E-state index is -0.614. The van der Waals surface area contributed by atoms with Crippen LogP contribution in [0.3, 0.4) is 0 Å². The number of piperidine rings is 3. The summed E-state index contributed by atoms with van der Waals surface area (Å²) in [5, 5.41) is 2.38. The molecule has 7 heterocycles. The minimum absolute atomic E-state index is 0.0687. The Kier molecular flexibility index (Phi) is 13.1. The molecule has 7 amide bonds. The lowest BCUT2D eigenvalue weighted by molar-refractivity contribution is -0.137. The number of likely N-dealkylation sites (N-methyl/N-ethyl adjacent to an activating group) is 1. The van der Waals surface area contributed by atoms with E-state index >= 15 is 0 Å². The van der Waals surface area contributed by atoms with Crippen molar-refractivity contribution in [3.63, 3.8) is 0 Å². The van der Waals surface area contributed by atoms with E-state index in [-0.39, 0.29) is 47.3 Å². The van der Waals surface area contributed by atoms with E-state index in [1.807, 2.05) is 29.0 Å². The number of anilines is 1. The molecule has 3 aromatic rings. The molecule has 2 aromatic carbocycles. The average Bonchev–Trinajstić information content (AvgIpc) is 3.84. The summed E-state index contributed by atoms with van der Waals surface area (Å²) in [6, 6.07) is 13.9. The summed E-state index contributed by atoms with van der Waals surface area (Å²) in [5.41, 5.74) is 11.4. The maximum absolute atomic E-state index is 13.6. The van der Waals surface area contributed by atoms with Crippen molar-refractivity contribution in [1.29, 1.82) is 0 Å². The molecule has 17 heteroatoms. The molecule has 2 atom stereocenters. The number of aromatic nitrogens is 2. The third-order valence-corrected chi connectivity index (χ3v) is 15.1. The van der Waals surface area contributed by atoms with Crippen molar-refractivity contribution in [1.82, 2.24) is 44.7 Å². The third kappa shape index (κ3) is 9.50. The molecule has 0 radical (unpaired) electrons. The number of carbonyl (C=O) groups is 6. The highest BCUT2D eigenvalue weighted by Gasteiger charge is 2.40.